The number of rotatable bonds is 5. The van der Waals surface area contributed by atoms with Crippen LogP contribution < -0.4 is 5.32 Å². The number of hydrogen-bond acceptors (Lipinski definition) is 6. The molecule has 0 bridgehead atoms. The molecule has 2 rings (SSSR count). The SMILES string of the molecule is CC(NCCS)c1ncnn1-c1ccc(C#N)cn1. The third-order valence-electron chi connectivity index (χ3n) is 2.62. The van der Waals surface area contributed by atoms with Crippen molar-refractivity contribution in [2.75, 3.05) is 12.3 Å². The number of nitriles is 1. The summed E-state index contributed by atoms with van der Waals surface area (Å²) in [7, 11) is 0. The van der Waals surface area contributed by atoms with Gasteiger partial charge in [-0.2, -0.15) is 27.7 Å². The number of thiol groups is 1. The normalized spacial score (nSPS) is 12.1. The molecule has 0 saturated heterocycles. The fourth-order valence-corrected chi connectivity index (χ4v) is 1.80. The molecule has 2 aromatic heterocycles. The zero-order valence-corrected chi connectivity index (χ0v) is 11.4. The molecule has 0 saturated carbocycles. The van der Waals surface area contributed by atoms with Gasteiger partial charge in [0.15, 0.2) is 11.6 Å². The number of nitrogens with one attached hydrogen (secondary N) is 1. The van der Waals surface area contributed by atoms with Crippen LogP contribution in [0, 0.1) is 11.3 Å². The number of aromatic nitrogens is 4. The van der Waals surface area contributed by atoms with Crippen molar-refractivity contribution in [3.63, 3.8) is 0 Å². The van der Waals surface area contributed by atoms with E-state index in [1.54, 1.807) is 16.8 Å². The largest absolute Gasteiger partial charge is 0.307 e. The van der Waals surface area contributed by atoms with Gasteiger partial charge in [0.05, 0.1) is 11.6 Å². The molecule has 0 amide bonds. The average Bonchev–Trinajstić information content (AvgIpc) is 2.94. The Balaban J connectivity index is 2.25. The summed E-state index contributed by atoms with van der Waals surface area (Å²) < 4.78 is 1.66. The molecule has 1 N–H and O–H groups in total. The Hall–Kier alpha value is -1.91. The molecular weight excluding hydrogens is 260 g/mol. The second-order valence-electron chi connectivity index (χ2n) is 3.95. The first kappa shape index (κ1) is 13.5. The van der Waals surface area contributed by atoms with Gasteiger partial charge >= 0.3 is 0 Å². The van der Waals surface area contributed by atoms with Crippen LogP contribution in [-0.2, 0) is 0 Å². The summed E-state index contributed by atoms with van der Waals surface area (Å²) in [5.74, 6) is 2.18. The summed E-state index contributed by atoms with van der Waals surface area (Å²) in [6.45, 7) is 2.80. The first-order chi connectivity index (χ1) is 9.26. The summed E-state index contributed by atoms with van der Waals surface area (Å²) >= 11 is 4.16. The van der Waals surface area contributed by atoms with Crippen LogP contribution in [0.1, 0.15) is 24.4 Å². The van der Waals surface area contributed by atoms with Gasteiger partial charge in [0.1, 0.15) is 12.4 Å². The molecule has 0 aliphatic carbocycles. The molecular formula is C12H14N6S. The third kappa shape index (κ3) is 3.10. The van der Waals surface area contributed by atoms with Crippen molar-refractivity contribution < 1.29 is 0 Å². The van der Waals surface area contributed by atoms with Gasteiger partial charge in [0.2, 0.25) is 0 Å². The Morgan fingerprint density at radius 2 is 2.32 bits per heavy atom. The van der Waals surface area contributed by atoms with E-state index in [-0.39, 0.29) is 6.04 Å². The number of pyridine rings is 1. The van der Waals surface area contributed by atoms with Crippen LogP contribution >= 0.6 is 12.6 Å². The van der Waals surface area contributed by atoms with Crippen molar-refractivity contribution in [3.05, 3.63) is 36.0 Å². The molecule has 0 fully saturated rings. The Kier molecular flexibility index (Phi) is 4.49. The van der Waals surface area contributed by atoms with Gasteiger partial charge in [-0.15, -0.1) is 0 Å². The molecule has 6 nitrogen and oxygen atoms in total. The first-order valence-corrected chi connectivity index (χ1v) is 6.50. The topological polar surface area (TPSA) is 79.4 Å². The van der Waals surface area contributed by atoms with Gasteiger partial charge in [0.25, 0.3) is 0 Å². The van der Waals surface area contributed by atoms with Crippen LogP contribution in [0.3, 0.4) is 0 Å². The van der Waals surface area contributed by atoms with Gasteiger partial charge in [-0.05, 0) is 19.1 Å². The zero-order chi connectivity index (χ0) is 13.7. The highest BCUT2D eigenvalue weighted by Gasteiger charge is 2.14. The van der Waals surface area contributed by atoms with Crippen LogP contribution in [0.2, 0.25) is 0 Å². The minimum atomic E-state index is 0.0482. The smallest absolute Gasteiger partial charge is 0.155 e. The van der Waals surface area contributed by atoms with E-state index in [2.05, 4.69) is 33.0 Å². The maximum Gasteiger partial charge on any atom is 0.155 e. The zero-order valence-electron chi connectivity index (χ0n) is 10.5. The highest BCUT2D eigenvalue weighted by atomic mass is 32.1. The van der Waals surface area contributed by atoms with E-state index in [4.69, 9.17) is 5.26 Å². The maximum absolute atomic E-state index is 8.76. The van der Waals surface area contributed by atoms with Gasteiger partial charge in [-0.25, -0.2) is 9.97 Å². The lowest BCUT2D eigenvalue weighted by Crippen LogP contribution is -2.24. The van der Waals surface area contributed by atoms with Gasteiger partial charge < -0.3 is 5.32 Å². The quantitative estimate of drug-likeness (QED) is 0.799. The Morgan fingerprint density at radius 1 is 1.47 bits per heavy atom. The van der Waals surface area contributed by atoms with Crippen molar-refractivity contribution in [1.29, 1.82) is 5.26 Å². The molecule has 0 aromatic carbocycles. The molecule has 0 aliphatic heterocycles. The van der Waals surface area contributed by atoms with Crippen LogP contribution in [0.25, 0.3) is 5.82 Å². The van der Waals surface area contributed by atoms with E-state index in [0.29, 0.717) is 11.4 Å². The molecule has 0 radical (unpaired) electrons. The number of nitrogens with zero attached hydrogens (tertiary/aromatic N) is 5. The predicted molar refractivity (Wildman–Crippen MR) is 74.1 cm³/mol. The highest BCUT2D eigenvalue weighted by Crippen LogP contribution is 2.13. The summed E-state index contributed by atoms with van der Waals surface area (Å²) in [5, 5.41) is 16.2. The van der Waals surface area contributed by atoms with Crippen molar-refractivity contribution >= 4 is 12.6 Å². The summed E-state index contributed by atoms with van der Waals surface area (Å²) in [6, 6.07) is 5.54. The molecule has 1 unspecified atom stereocenters. The van der Waals surface area contributed by atoms with Gasteiger partial charge in [-0.3, -0.25) is 0 Å². The molecule has 2 heterocycles. The Morgan fingerprint density at radius 3 is 2.95 bits per heavy atom. The molecule has 2 aromatic rings. The third-order valence-corrected chi connectivity index (χ3v) is 2.84. The first-order valence-electron chi connectivity index (χ1n) is 5.87. The van der Waals surface area contributed by atoms with E-state index in [0.717, 1.165) is 18.1 Å². The van der Waals surface area contributed by atoms with Crippen molar-refractivity contribution in [2.45, 2.75) is 13.0 Å². The van der Waals surface area contributed by atoms with Crippen LogP contribution in [0.5, 0.6) is 0 Å². The molecule has 0 spiro atoms. The predicted octanol–water partition coefficient (Wildman–Crippen LogP) is 1.11. The monoisotopic (exact) mass is 274 g/mol. The lowest BCUT2D eigenvalue weighted by molar-refractivity contribution is 0.551. The standard InChI is InChI=1S/C12H14N6S/c1-9(14-4-5-19)12-16-8-17-18(12)11-3-2-10(6-13)7-15-11/h2-3,7-9,14,19H,4-5H2,1H3. The van der Waals surface area contributed by atoms with Crippen molar-refractivity contribution in [2.24, 2.45) is 0 Å². The minimum absolute atomic E-state index is 0.0482. The van der Waals surface area contributed by atoms with E-state index in [1.165, 1.54) is 12.5 Å². The second kappa shape index (κ2) is 6.31. The Labute approximate surface area is 116 Å². The Bertz CT molecular complexity index is 571. The van der Waals surface area contributed by atoms with E-state index < -0.39 is 0 Å². The van der Waals surface area contributed by atoms with E-state index >= 15 is 0 Å². The van der Waals surface area contributed by atoms with Crippen LogP contribution in [0.4, 0.5) is 0 Å². The van der Waals surface area contributed by atoms with E-state index in [1.807, 2.05) is 13.0 Å². The van der Waals surface area contributed by atoms with Crippen LogP contribution in [0.15, 0.2) is 24.7 Å². The fraction of sp³-hybridized carbons (Fsp3) is 0.333. The minimum Gasteiger partial charge on any atom is -0.307 e. The highest BCUT2D eigenvalue weighted by molar-refractivity contribution is 7.80. The second-order valence-corrected chi connectivity index (χ2v) is 4.39. The van der Waals surface area contributed by atoms with Gasteiger partial charge in [-0.1, -0.05) is 0 Å². The van der Waals surface area contributed by atoms with Crippen molar-refractivity contribution in [1.82, 2.24) is 25.1 Å². The lowest BCUT2D eigenvalue weighted by Gasteiger charge is -2.13. The molecule has 7 heteroatoms. The maximum atomic E-state index is 8.76. The van der Waals surface area contributed by atoms with Gasteiger partial charge in [0, 0.05) is 18.5 Å². The lowest BCUT2D eigenvalue weighted by atomic mass is 10.3. The summed E-state index contributed by atoms with van der Waals surface area (Å²) in [5.41, 5.74) is 0.520. The van der Waals surface area contributed by atoms with E-state index in [9.17, 15) is 0 Å². The summed E-state index contributed by atoms with van der Waals surface area (Å²) in [6.07, 6.45) is 3.01. The fourth-order valence-electron chi connectivity index (χ4n) is 1.67. The molecule has 19 heavy (non-hydrogen) atoms. The molecule has 0 aliphatic rings. The molecule has 1 atom stereocenters. The molecule has 98 valence electrons. The van der Waals surface area contributed by atoms with Crippen molar-refractivity contribution in [3.8, 4) is 11.9 Å². The van der Waals surface area contributed by atoms with Crippen LogP contribution in [-0.4, -0.2) is 32.0 Å². The summed E-state index contributed by atoms with van der Waals surface area (Å²) in [4.78, 5) is 8.46. The number of hydrogen-bond donors (Lipinski definition) is 2. The average molecular weight is 274 g/mol.